The summed E-state index contributed by atoms with van der Waals surface area (Å²) in [6.45, 7) is 9.81. The first-order valence-electron chi connectivity index (χ1n) is 11.9. The minimum absolute atomic E-state index is 0.100. The highest BCUT2D eigenvalue weighted by molar-refractivity contribution is 7.12. The molecule has 34 heavy (non-hydrogen) atoms. The number of hydrogen-bond acceptors (Lipinski definition) is 8. The Morgan fingerprint density at radius 1 is 1.24 bits per heavy atom. The zero-order valence-electron chi connectivity index (χ0n) is 20.1. The van der Waals surface area contributed by atoms with Crippen LogP contribution in [-0.4, -0.2) is 81.6 Å². The normalized spacial score (nSPS) is 17.8. The van der Waals surface area contributed by atoms with Gasteiger partial charge < -0.3 is 20.6 Å². The van der Waals surface area contributed by atoms with Gasteiger partial charge in [-0.15, -0.1) is 11.3 Å². The van der Waals surface area contributed by atoms with Gasteiger partial charge >= 0.3 is 0 Å². The van der Waals surface area contributed by atoms with Crippen molar-refractivity contribution in [1.29, 1.82) is 0 Å². The second kappa shape index (κ2) is 10.8. The third-order valence-corrected chi connectivity index (χ3v) is 8.10. The molecule has 2 aliphatic rings. The molecule has 4 heterocycles. The second-order valence-corrected chi connectivity index (χ2v) is 10.6. The van der Waals surface area contributed by atoms with Crippen molar-refractivity contribution in [3.63, 3.8) is 0 Å². The summed E-state index contributed by atoms with van der Waals surface area (Å²) >= 11 is 1.88. The van der Waals surface area contributed by atoms with Crippen LogP contribution in [0.5, 0.6) is 0 Å². The van der Waals surface area contributed by atoms with Gasteiger partial charge in [-0.05, 0) is 44.2 Å². The number of aliphatic hydroxyl groups excluding tert-OH is 1. The highest BCUT2D eigenvalue weighted by atomic mass is 32.1. The van der Waals surface area contributed by atoms with Crippen molar-refractivity contribution in [2.24, 2.45) is 0 Å². The summed E-state index contributed by atoms with van der Waals surface area (Å²) in [5.41, 5.74) is 3.03. The minimum Gasteiger partial charge on any atom is -0.390 e. The summed E-state index contributed by atoms with van der Waals surface area (Å²) in [6, 6.07) is 1.83. The Balaban J connectivity index is 1.24. The number of nitrogens with one attached hydrogen (secondary N) is 2. The number of aryl methyl sites for hydroxylation is 1. The van der Waals surface area contributed by atoms with E-state index in [1.165, 1.54) is 27.2 Å². The third kappa shape index (κ3) is 5.92. The number of rotatable bonds is 7. The Labute approximate surface area is 204 Å². The van der Waals surface area contributed by atoms with Crippen LogP contribution in [0.3, 0.4) is 0 Å². The van der Waals surface area contributed by atoms with Crippen molar-refractivity contribution in [3.05, 3.63) is 39.0 Å². The van der Waals surface area contributed by atoms with Gasteiger partial charge in [0, 0.05) is 68.1 Å². The lowest BCUT2D eigenvalue weighted by Crippen LogP contribution is -2.42. The van der Waals surface area contributed by atoms with Crippen LogP contribution in [0.1, 0.15) is 51.1 Å². The van der Waals surface area contributed by atoms with Crippen molar-refractivity contribution >= 4 is 29.0 Å². The van der Waals surface area contributed by atoms with E-state index in [9.17, 15) is 14.7 Å². The first-order valence-corrected chi connectivity index (χ1v) is 12.7. The van der Waals surface area contributed by atoms with Crippen molar-refractivity contribution in [2.75, 3.05) is 38.0 Å². The van der Waals surface area contributed by atoms with Crippen LogP contribution < -0.4 is 10.6 Å². The maximum atomic E-state index is 12.6. The number of anilines is 1. The van der Waals surface area contributed by atoms with Gasteiger partial charge in [-0.25, -0.2) is 9.97 Å². The molecule has 2 aliphatic heterocycles. The SMILES string of the molecule is CC(=O)N1CCC(Nc2cc(C(=O)NC[C@H](O)CN3CCc4sc(C)c(C)c4C3)ncn2)CC1. The molecule has 2 aromatic rings. The number of aromatic nitrogens is 2. The van der Waals surface area contributed by atoms with Gasteiger partial charge in [-0.3, -0.25) is 14.5 Å². The molecule has 0 bridgehead atoms. The second-order valence-electron chi connectivity index (χ2n) is 9.25. The number of fused-ring (bicyclic) bond motifs is 1. The number of carbonyl (C=O) groups is 2. The van der Waals surface area contributed by atoms with Crippen molar-refractivity contribution < 1.29 is 14.7 Å². The lowest BCUT2D eigenvalue weighted by atomic mass is 10.0. The molecule has 9 nitrogen and oxygen atoms in total. The standard InChI is InChI=1S/C24H34N6O3S/c1-15-16(2)34-22-6-7-29(13-20(15)22)12-19(32)11-25-24(33)21-10-23(27-14-26-21)28-18-4-8-30(9-5-18)17(3)31/h10,14,18-19,32H,4-9,11-13H2,1-3H3,(H,25,33)(H,26,27,28)/t19-/m0/s1. The van der Waals surface area contributed by atoms with Gasteiger partial charge in [0.2, 0.25) is 5.91 Å². The molecule has 10 heteroatoms. The van der Waals surface area contributed by atoms with Crippen LogP contribution in [0.25, 0.3) is 0 Å². The fraction of sp³-hybridized carbons (Fsp3) is 0.583. The largest absolute Gasteiger partial charge is 0.390 e. The van der Waals surface area contributed by atoms with Gasteiger partial charge in [0.15, 0.2) is 0 Å². The highest BCUT2D eigenvalue weighted by Gasteiger charge is 2.24. The van der Waals surface area contributed by atoms with Crippen LogP contribution in [-0.2, 0) is 17.8 Å². The Kier molecular flexibility index (Phi) is 7.80. The van der Waals surface area contributed by atoms with E-state index in [1.807, 2.05) is 16.2 Å². The number of piperidine rings is 1. The molecule has 0 aromatic carbocycles. The van der Waals surface area contributed by atoms with Crippen LogP contribution >= 0.6 is 11.3 Å². The van der Waals surface area contributed by atoms with Crippen LogP contribution in [0.4, 0.5) is 5.82 Å². The number of carbonyl (C=O) groups excluding carboxylic acids is 2. The Bertz CT molecular complexity index is 1030. The molecule has 0 spiro atoms. The van der Waals surface area contributed by atoms with Crippen LogP contribution in [0.15, 0.2) is 12.4 Å². The molecule has 0 radical (unpaired) electrons. The Morgan fingerprint density at radius 3 is 2.74 bits per heavy atom. The van der Waals surface area contributed by atoms with Gasteiger partial charge in [-0.1, -0.05) is 0 Å². The van der Waals surface area contributed by atoms with E-state index in [0.717, 1.165) is 32.4 Å². The first kappa shape index (κ1) is 24.6. The number of β-amino-alcohol motifs (C(OH)–C–C–N with tert-alkyl or cyclic N) is 1. The molecule has 1 saturated heterocycles. The van der Waals surface area contributed by atoms with E-state index in [1.54, 1.807) is 13.0 Å². The van der Waals surface area contributed by atoms with E-state index < -0.39 is 6.10 Å². The fourth-order valence-electron chi connectivity index (χ4n) is 4.64. The third-order valence-electron chi connectivity index (χ3n) is 6.79. The summed E-state index contributed by atoms with van der Waals surface area (Å²) in [4.78, 5) is 39.4. The summed E-state index contributed by atoms with van der Waals surface area (Å²) in [5, 5.41) is 16.7. The monoisotopic (exact) mass is 486 g/mol. The molecule has 3 N–H and O–H groups in total. The molecule has 2 aromatic heterocycles. The van der Waals surface area contributed by atoms with E-state index >= 15 is 0 Å². The van der Waals surface area contributed by atoms with Gasteiger partial charge in [0.05, 0.1) is 6.10 Å². The molecule has 0 aliphatic carbocycles. The zero-order valence-corrected chi connectivity index (χ0v) is 21.0. The summed E-state index contributed by atoms with van der Waals surface area (Å²) < 4.78 is 0. The van der Waals surface area contributed by atoms with E-state index in [4.69, 9.17) is 0 Å². The van der Waals surface area contributed by atoms with E-state index in [0.29, 0.717) is 25.5 Å². The molecule has 0 unspecified atom stereocenters. The van der Waals surface area contributed by atoms with Crippen LogP contribution in [0.2, 0.25) is 0 Å². The number of aliphatic hydroxyl groups is 1. The number of nitrogens with zero attached hydrogens (tertiary/aromatic N) is 4. The fourth-order valence-corrected chi connectivity index (χ4v) is 5.82. The smallest absolute Gasteiger partial charge is 0.270 e. The number of thiophene rings is 1. The van der Waals surface area contributed by atoms with Crippen molar-refractivity contribution in [2.45, 2.75) is 58.7 Å². The molecule has 184 valence electrons. The lowest BCUT2D eigenvalue weighted by Gasteiger charge is -2.31. The van der Waals surface area contributed by atoms with E-state index in [-0.39, 0.29) is 30.1 Å². The molecule has 4 rings (SSSR count). The summed E-state index contributed by atoms with van der Waals surface area (Å²) in [7, 11) is 0. The van der Waals surface area contributed by atoms with Gasteiger partial charge in [-0.2, -0.15) is 0 Å². The predicted molar refractivity (Wildman–Crippen MR) is 132 cm³/mol. The quantitative estimate of drug-likeness (QED) is 0.547. The maximum absolute atomic E-state index is 12.6. The summed E-state index contributed by atoms with van der Waals surface area (Å²) in [6.07, 6.45) is 3.39. The van der Waals surface area contributed by atoms with Gasteiger partial charge in [0.1, 0.15) is 17.8 Å². The zero-order chi connectivity index (χ0) is 24.2. The van der Waals surface area contributed by atoms with E-state index in [2.05, 4.69) is 39.3 Å². The number of amides is 2. The minimum atomic E-state index is -0.656. The van der Waals surface area contributed by atoms with Crippen molar-refractivity contribution in [1.82, 2.24) is 25.1 Å². The molecular weight excluding hydrogens is 452 g/mol. The van der Waals surface area contributed by atoms with Crippen molar-refractivity contribution in [3.8, 4) is 0 Å². The number of hydrogen-bond donors (Lipinski definition) is 3. The molecule has 0 saturated carbocycles. The first-order chi connectivity index (χ1) is 16.3. The average molecular weight is 487 g/mol. The van der Waals surface area contributed by atoms with Gasteiger partial charge in [0.25, 0.3) is 5.91 Å². The molecule has 1 fully saturated rings. The lowest BCUT2D eigenvalue weighted by molar-refractivity contribution is -0.129. The Hall–Kier alpha value is -2.56. The molecular formula is C24H34N6O3S. The maximum Gasteiger partial charge on any atom is 0.270 e. The highest BCUT2D eigenvalue weighted by Crippen LogP contribution is 2.31. The average Bonchev–Trinajstić information content (AvgIpc) is 3.11. The predicted octanol–water partition coefficient (Wildman–Crippen LogP) is 1.73. The number of likely N-dealkylation sites (tertiary alicyclic amines) is 1. The topological polar surface area (TPSA) is 111 Å². The molecule has 1 atom stereocenters. The van der Waals surface area contributed by atoms with Crippen LogP contribution in [0, 0.1) is 13.8 Å². The molecule has 2 amide bonds. The summed E-state index contributed by atoms with van der Waals surface area (Å²) in [5.74, 6) is 0.358. The Morgan fingerprint density at radius 2 is 2.00 bits per heavy atom.